The minimum absolute atomic E-state index is 0.0814. The molecule has 0 saturated heterocycles. The molecule has 0 radical (unpaired) electrons. The van der Waals surface area contributed by atoms with Crippen LogP contribution in [0.5, 0.6) is 0 Å². The molecule has 4 nitrogen and oxygen atoms in total. The van der Waals surface area contributed by atoms with Crippen LogP contribution in [0.3, 0.4) is 0 Å². The van der Waals surface area contributed by atoms with Crippen LogP contribution in [0.15, 0.2) is 48.0 Å². The number of hydrogen-bond donors (Lipinski definition) is 1. The van der Waals surface area contributed by atoms with Crippen LogP contribution in [-0.4, -0.2) is 22.5 Å². The second-order valence-corrected chi connectivity index (χ2v) is 6.93. The van der Waals surface area contributed by atoms with Crippen LogP contribution in [0.1, 0.15) is 40.7 Å². The Labute approximate surface area is 160 Å². The van der Waals surface area contributed by atoms with Crippen molar-refractivity contribution in [2.45, 2.75) is 19.3 Å². The third-order valence-electron chi connectivity index (χ3n) is 4.31. The first-order valence-electron chi connectivity index (χ1n) is 7.87. The van der Waals surface area contributed by atoms with E-state index in [4.69, 9.17) is 23.2 Å². The number of rotatable bonds is 4. The zero-order valence-corrected chi connectivity index (χ0v) is 15.3. The number of halogens is 2. The summed E-state index contributed by atoms with van der Waals surface area (Å²) in [5.41, 5.74) is 0.745. The summed E-state index contributed by atoms with van der Waals surface area (Å²) in [5.74, 6) is -2.91. The maximum atomic E-state index is 12.7. The van der Waals surface area contributed by atoms with Crippen LogP contribution in [0.2, 0.25) is 10.0 Å². The molecule has 0 bridgehead atoms. The number of aliphatic hydroxyl groups is 1. The number of carbonyl (C=O) groups excluding carboxylic acids is 3. The molecule has 1 aliphatic rings. The summed E-state index contributed by atoms with van der Waals surface area (Å²) in [6.45, 7) is 1.37. The Hall–Kier alpha value is -2.43. The van der Waals surface area contributed by atoms with Crippen LogP contribution in [-0.2, 0) is 9.59 Å². The predicted octanol–water partition coefficient (Wildman–Crippen LogP) is 4.79. The highest BCUT2D eigenvalue weighted by Crippen LogP contribution is 2.40. The van der Waals surface area contributed by atoms with Gasteiger partial charge in [-0.1, -0.05) is 53.5 Å². The lowest BCUT2D eigenvalue weighted by Gasteiger charge is -2.25. The fourth-order valence-electron chi connectivity index (χ4n) is 3.15. The van der Waals surface area contributed by atoms with E-state index in [0.717, 1.165) is 0 Å². The van der Waals surface area contributed by atoms with Crippen molar-refractivity contribution >= 4 is 46.3 Å². The molecule has 0 aliphatic heterocycles. The van der Waals surface area contributed by atoms with Gasteiger partial charge in [0, 0.05) is 33.5 Å². The van der Waals surface area contributed by atoms with Gasteiger partial charge < -0.3 is 5.11 Å². The van der Waals surface area contributed by atoms with E-state index in [-0.39, 0.29) is 39.7 Å². The molecule has 6 heteroatoms. The monoisotopic (exact) mass is 388 g/mol. The van der Waals surface area contributed by atoms with Gasteiger partial charge in [0.15, 0.2) is 0 Å². The average Bonchev–Trinajstić information content (AvgIpc) is 2.59. The van der Waals surface area contributed by atoms with Gasteiger partial charge in [0.25, 0.3) is 0 Å². The van der Waals surface area contributed by atoms with Gasteiger partial charge in [-0.2, -0.15) is 0 Å². The molecular formula is C20H14Cl2O4. The zero-order valence-electron chi connectivity index (χ0n) is 13.8. The first-order valence-corrected chi connectivity index (χ1v) is 8.62. The Morgan fingerprint density at radius 3 is 2.31 bits per heavy atom. The van der Waals surface area contributed by atoms with Crippen molar-refractivity contribution in [1.82, 2.24) is 0 Å². The van der Waals surface area contributed by atoms with Crippen LogP contribution in [0, 0.1) is 0 Å². The second kappa shape index (κ2) is 7.06. The average molecular weight is 389 g/mol. The lowest BCUT2D eigenvalue weighted by molar-refractivity contribution is -0.117. The van der Waals surface area contributed by atoms with Crippen molar-refractivity contribution in [3.8, 4) is 0 Å². The molecule has 0 fully saturated rings. The van der Waals surface area contributed by atoms with Gasteiger partial charge in [-0.05, 0) is 24.6 Å². The normalized spacial score (nSPS) is 15.0. The van der Waals surface area contributed by atoms with E-state index in [9.17, 15) is 19.5 Å². The summed E-state index contributed by atoms with van der Waals surface area (Å²) in [6.07, 6.45) is -0.0814. The molecule has 0 unspecified atom stereocenters. The van der Waals surface area contributed by atoms with E-state index in [1.165, 1.54) is 19.1 Å². The lowest BCUT2D eigenvalue weighted by Crippen LogP contribution is -2.28. The number of benzene rings is 2. The maximum Gasteiger partial charge on any atom is 0.234 e. The zero-order chi connectivity index (χ0) is 19.0. The van der Waals surface area contributed by atoms with Crippen molar-refractivity contribution in [3.05, 3.63) is 74.8 Å². The van der Waals surface area contributed by atoms with Gasteiger partial charge in [-0.25, -0.2) is 0 Å². The molecule has 0 amide bonds. The molecule has 132 valence electrons. The Morgan fingerprint density at radius 2 is 1.69 bits per heavy atom. The molecule has 0 saturated carbocycles. The minimum Gasteiger partial charge on any atom is -0.507 e. The number of aliphatic hydroxyl groups excluding tert-OH is 1. The second-order valence-electron chi connectivity index (χ2n) is 6.09. The van der Waals surface area contributed by atoms with E-state index in [0.29, 0.717) is 10.6 Å². The molecule has 1 atom stereocenters. The molecule has 2 aromatic carbocycles. The summed E-state index contributed by atoms with van der Waals surface area (Å²) in [6, 6.07) is 11.0. The molecule has 0 heterocycles. The molecule has 0 aromatic heterocycles. The molecule has 3 rings (SSSR count). The van der Waals surface area contributed by atoms with E-state index in [1.54, 1.807) is 30.3 Å². The van der Waals surface area contributed by atoms with Gasteiger partial charge in [0.1, 0.15) is 11.5 Å². The number of allylic oxidation sites excluding steroid dienone is 1. The van der Waals surface area contributed by atoms with Gasteiger partial charge in [-0.3, -0.25) is 14.4 Å². The summed E-state index contributed by atoms with van der Waals surface area (Å²) >= 11 is 12.2. The standard InChI is InChI=1S/C20H14Cl2O4/c1-10(23)8-15(12-7-6-11(21)9-16(12)22)17-18(24)13-4-2-3-5-14(13)19(25)20(17)26/h2-7,9,15,24H,8H2,1H3/t15-/m0/s1. The highest BCUT2D eigenvalue weighted by atomic mass is 35.5. The number of fused-ring (bicyclic) bond motifs is 1. The highest BCUT2D eigenvalue weighted by Gasteiger charge is 2.38. The highest BCUT2D eigenvalue weighted by molar-refractivity contribution is 6.52. The molecule has 26 heavy (non-hydrogen) atoms. The fraction of sp³-hybridized carbons (Fsp3) is 0.150. The smallest absolute Gasteiger partial charge is 0.234 e. The van der Waals surface area contributed by atoms with E-state index in [2.05, 4.69) is 0 Å². The van der Waals surface area contributed by atoms with E-state index < -0.39 is 17.5 Å². The summed E-state index contributed by atoms with van der Waals surface area (Å²) in [7, 11) is 0. The third-order valence-corrected chi connectivity index (χ3v) is 4.87. The topological polar surface area (TPSA) is 71.4 Å². The first-order chi connectivity index (χ1) is 12.3. The van der Waals surface area contributed by atoms with E-state index >= 15 is 0 Å². The largest absolute Gasteiger partial charge is 0.507 e. The summed E-state index contributed by atoms with van der Waals surface area (Å²) in [5, 5.41) is 11.4. The van der Waals surface area contributed by atoms with Gasteiger partial charge in [0.2, 0.25) is 11.6 Å². The van der Waals surface area contributed by atoms with Gasteiger partial charge in [-0.15, -0.1) is 0 Å². The molecule has 0 spiro atoms. The SMILES string of the molecule is CC(=O)C[C@H](C1=C(O)c2ccccc2C(=O)C1=O)c1ccc(Cl)cc1Cl. The van der Waals surface area contributed by atoms with Crippen LogP contribution in [0.25, 0.3) is 5.76 Å². The number of Topliss-reactive ketones (excluding diaryl/α,β-unsaturated/α-hetero) is 3. The number of ketones is 3. The Morgan fingerprint density at radius 1 is 1.04 bits per heavy atom. The Balaban J connectivity index is 2.25. The quantitative estimate of drug-likeness (QED) is 0.764. The van der Waals surface area contributed by atoms with E-state index in [1.807, 2.05) is 0 Å². The lowest BCUT2D eigenvalue weighted by atomic mass is 9.77. The van der Waals surface area contributed by atoms with Crippen molar-refractivity contribution < 1.29 is 19.5 Å². The number of carbonyl (C=O) groups is 3. The van der Waals surface area contributed by atoms with Crippen molar-refractivity contribution in [3.63, 3.8) is 0 Å². The minimum atomic E-state index is -0.845. The molecule has 1 N–H and O–H groups in total. The third kappa shape index (κ3) is 3.18. The number of hydrogen-bond acceptors (Lipinski definition) is 4. The van der Waals surface area contributed by atoms with Crippen molar-refractivity contribution in [1.29, 1.82) is 0 Å². The molecule has 1 aliphatic carbocycles. The van der Waals surface area contributed by atoms with Crippen molar-refractivity contribution in [2.75, 3.05) is 0 Å². The maximum absolute atomic E-state index is 12.7. The molecular weight excluding hydrogens is 375 g/mol. The Kier molecular flexibility index (Phi) is 4.99. The van der Waals surface area contributed by atoms with Crippen molar-refractivity contribution in [2.24, 2.45) is 0 Å². The Bertz CT molecular complexity index is 976. The predicted molar refractivity (Wildman–Crippen MR) is 99.8 cm³/mol. The van der Waals surface area contributed by atoms with Gasteiger partial charge in [0.05, 0.1) is 5.57 Å². The van der Waals surface area contributed by atoms with Crippen LogP contribution in [0.4, 0.5) is 0 Å². The van der Waals surface area contributed by atoms with Gasteiger partial charge >= 0.3 is 0 Å². The fourth-order valence-corrected chi connectivity index (χ4v) is 3.69. The summed E-state index contributed by atoms with van der Waals surface area (Å²) < 4.78 is 0. The van der Waals surface area contributed by atoms with Crippen LogP contribution < -0.4 is 0 Å². The first kappa shape index (κ1) is 18.4. The summed E-state index contributed by atoms with van der Waals surface area (Å²) in [4.78, 5) is 37.0. The molecule has 2 aromatic rings. The van der Waals surface area contributed by atoms with Crippen LogP contribution >= 0.6 is 23.2 Å².